The van der Waals surface area contributed by atoms with Gasteiger partial charge < -0.3 is 5.73 Å². The lowest BCUT2D eigenvalue weighted by Crippen LogP contribution is -2.13. The molecule has 1 heterocycles. The van der Waals surface area contributed by atoms with Crippen LogP contribution >= 0.6 is 11.6 Å². The molecule has 16 heavy (non-hydrogen) atoms. The Morgan fingerprint density at radius 2 is 2.12 bits per heavy atom. The van der Waals surface area contributed by atoms with Crippen LogP contribution in [0.2, 0.25) is 5.02 Å². The number of nitrogens with zero attached hydrogens (tertiary/aromatic N) is 1. The summed E-state index contributed by atoms with van der Waals surface area (Å²) in [5.41, 5.74) is 7.08. The predicted octanol–water partition coefficient (Wildman–Crippen LogP) is 2.92. The second-order valence-corrected chi connectivity index (χ2v) is 3.87. The van der Waals surface area contributed by atoms with E-state index in [0.29, 0.717) is 10.6 Å². The summed E-state index contributed by atoms with van der Waals surface area (Å²) in [5, 5.41) is 0.468. The fraction of sp³-hybridized carbons (Fsp3) is 0.0833. The zero-order valence-corrected chi connectivity index (χ0v) is 9.16. The molecule has 1 aromatic carbocycles. The molecule has 2 N–H and O–H groups in total. The molecule has 0 radical (unpaired) electrons. The first-order chi connectivity index (χ1) is 7.68. The summed E-state index contributed by atoms with van der Waals surface area (Å²) >= 11 is 5.81. The summed E-state index contributed by atoms with van der Waals surface area (Å²) < 4.78 is 13.5. The third kappa shape index (κ3) is 2.21. The quantitative estimate of drug-likeness (QED) is 0.871. The summed E-state index contributed by atoms with van der Waals surface area (Å²) in [6.07, 6.45) is 3.26. The van der Waals surface area contributed by atoms with E-state index in [1.807, 2.05) is 0 Å². The van der Waals surface area contributed by atoms with Gasteiger partial charge in [0, 0.05) is 23.0 Å². The number of rotatable bonds is 2. The Bertz CT molecular complexity index is 488. The minimum atomic E-state index is -0.549. The van der Waals surface area contributed by atoms with Crippen LogP contribution in [0.25, 0.3) is 0 Å². The molecule has 1 atom stereocenters. The van der Waals surface area contributed by atoms with Gasteiger partial charge in [0.2, 0.25) is 0 Å². The van der Waals surface area contributed by atoms with Crippen LogP contribution in [0.5, 0.6) is 0 Å². The van der Waals surface area contributed by atoms with E-state index in [2.05, 4.69) is 4.98 Å². The largest absolute Gasteiger partial charge is 0.320 e. The number of halogens is 2. The van der Waals surface area contributed by atoms with E-state index in [1.54, 1.807) is 24.5 Å². The highest BCUT2D eigenvalue weighted by atomic mass is 35.5. The lowest BCUT2D eigenvalue weighted by atomic mass is 10.0. The molecule has 0 spiro atoms. The molecule has 1 aromatic heterocycles. The van der Waals surface area contributed by atoms with Crippen molar-refractivity contribution in [3.8, 4) is 0 Å². The first kappa shape index (κ1) is 11.0. The van der Waals surface area contributed by atoms with Crippen LogP contribution in [0.15, 0.2) is 42.7 Å². The van der Waals surface area contributed by atoms with Crippen molar-refractivity contribution in [2.24, 2.45) is 5.73 Å². The van der Waals surface area contributed by atoms with Crippen LogP contribution in [0.4, 0.5) is 4.39 Å². The number of nitrogens with two attached hydrogens (primary N) is 1. The molecule has 1 unspecified atom stereocenters. The monoisotopic (exact) mass is 236 g/mol. The third-order valence-corrected chi connectivity index (χ3v) is 2.57. The van der Waals surface area contributed by atoms with E-state index < -0.39 is 6.04 Å². The van der Waals surface area contributed by atoms with Gasteiger partial charge in [-0.15, -0.1) is 0 Å². The van der Waals surface area contributed by atoms with Crippen molar-refractivity contribution >= 4 is 11.6 Å². The molecule has 0 fully saturated rings. The summed E-state index contributed by atoms with van der Waals surface area (Å²) in [5.74, 6) is -0.360. The summed E-state index contributed by atoms with van der Waals surface area (Å²) in [7, 11) is 0. The predicted molar refractivity (Wildman–Crippen MR) is 61.7 cm³/mol. The molecule has 0 aliphatic rings. The SMILES string of the molecule is NC(c1cccnc1)c1cc(Cl)ccc1F. The zero-order chi connectivity index (χ0) is 11.5. The van der Waals surface area contributed by atoms with E-state index >= 15 is 0 Å². The third-order valence-electron chi connectivity index (χ3n) is 2.34. The maximum atomic E-state index is 13.5. The molecule has 4 heteroatoms. The van der Waals surface area contributed by atoms with Gasteiger partial charge in [-0.2, -0.15) is 0 Å². The van der Waals surface area contributed by atoms with E-state index in [4.69, 9.17) is 17.3 Å². The van der Waals surface area contributed by atoms with Crippen molar-refractivity contribution in [1.29, 1.82) is 0 Å². The Hall–Kier alpha value is -1.45. The summed E-state index contributed by atoms with van der Waals surface area (Å²) in [6.45, 7) is 0. The molecule has 0 aliphatic carbocycles. The highest BCUT2D eigenvalue weighted by Crippen LogP contribution is 2.24. The Labute approximate surface area is 97.9 Å². The standard InChI is InChI=1S/C12H10ClFN2/c13-9-3-4-11(14)10(6-9)12(15)8-2-1-5-16-7-8/h1-7,12H,15H2. The molecule has 2 nitrogen and oxygen atoms in total. The number of aromatic nitrogens is 1. The average molecular weight is 237 g/mol. The van der Waals surface area contributed by atoms with Gasteiger partial charge in [0.05, 0.1) is 6.04 Å². The Morgan fingerprint density at radius 3 is 2.81 bits per heavy atom. The van der Waals surface area contributed by atoms with Crippen molar-refractivity contribution in [2.45, 2.75) is 6.04 Å². The normalized spacial score (nSPS) is 12.4. The van der Waals surface area contributed by atoms with E-state index in [9.17, 15) is 4.39 Å². The molecule has 82 valence electrons. The highest BCUT2D eigenvalue weighted by molar-refractivity contribution is 6.30. The Kier molecular flexibility index (Phi) is 3.17. The topological polar surface area (TPSA) is 38.9 Å². The minimum absolute atomic E-state index is 0.360. The number of pyridine rings is 1. The van der Waals surface area contributed by atoms with Gasteiger partial charge in [-0.3, -0.25) is 4.98 Å². The van der Waals surface area contributed by atoms with Crippen LogP contribution < -0.4 is 5.73 Å². The molecule has 2 aromatic rings. The average Bonchev–Trinajstić information content (AvgIpc) is 2.32. The van der Waals surface area contributed by atoms with Crippen LogP contribution in [0, 0.1) is 5.82 Å². The van der Waals surface area contributed by atoms with Crippen molar-refractivity contribution in [1.82, 2.24) is 4.98 Å². The summed E-state index contributed by atoms with van der Waals surface area (Å²) in [4.78, 5) is 3.95. The smallest absolute Gasteiger partial charge is 0.128 e. The molecule has 0 saturated carbocycles. The van der Waals surface area contributed by atoms with E-state index in [0.717, 1.165) is 5.56 Å². The van der Waals surface area contributed by atoms with Crippen LogP contribution in [0.1, 0.15) is 17.2 Å². The van der Waals surface area contributed by atoms with Crippen molar-refractivity contribution < 1.29 is 4.39 Å². The molecule has 0 amide bonds. The van der Waals surface area contributed by atoms with Gasteiger partial charge in [0.25, 0.3) is 0 Å². The van der Waals surface area contributed by atoms with E-state index in [1.165, 1.54) is 18.2 Å². The molecule has 0 saturated heterocycles. The lowest BCUT2D eigenvalue weighted by molar-refractivity contribution is 0.599. The van der Waals surface area contributed by atoms with Crippen LogP contribution in [0.3, 0.4) is 0 Å². The van der Waals surface area contributed by atoms with Gasteiger partial charge in [-0.05, 0) is 29.8 Å². The first-order valence-corrected chi connectivity index (χ1v) is 5.17. The Morgan fingerprint density at radius 1 is 1.31 bits per heavy atom. The van der Waals surface area contributed by atoms with E-state index in [-0.39, 0.29) is 5.82 Å². The van der Waals surface area contributed by atoms with Crippen LogP contribution in [-0.4, -0.2) is 4.98 Å². The molecule has 2 rings (SSSR count). The van der Waals surface area contributed by atoms with Gasteiger partial charge in [0.15, 0.2) is 0 Å². The molecule has 0 bridgehead atoms. The number of hydrogen-bond acceptors (Lipinski definition) is 2. The Balaban J connectivity index is 2.41. The zero-order valence-electron chi connectivity index (χ0n) is 8.40. The first-order valence-electron chi connectivity index (χ1n) is 4.79. The van der Waals surface area contributed by atoms with Gasteiger partial charge in [0.1, 0.15) is 5.82 Å². The minimum Gasteiger partial charge on any atom is -0.320 e. The molecular formula is C12H10ClFN2. The van der Waals surface area contributed by atoms with Crippen molar-refractivity contribution in [3.63, 3.8) is 0 Å². The van der Waals surface area contributed by atoms with Crippen LogP contribution in [-0.2, 0) is 0 Å². The van der Waals surface area contributed by atoms with Crippen molar-refractivity contribution in [2.75, 3.05) is 0 Å². The fourth-order valence-corrected chi connectivity index (χ4v) is 1.67. The van der Waals surface area contributed by atoms with Gasteiger partial charge in [-0.25, -0.2) is 4.39 Å². The fourth-order valence-electron chi connectivity index (χ4n) is 1.49. The highest BCUT2D eigenvalue weighted by Gasteiger charge is 2.13. The number of benzene rings is 1. The second kappa shape index (κ2) is 4.60. The molecular weight excluding hydrogens is 227 g/mol. The lowest BCUT2D eigenvalue weighted by Gasteiger charge is -2.13. The number of hydrogen-bond donors (Lipinski definition) is 1. The maximum absolute atomic E-state index is 13.5. The van der Waals surface area contributed by atoms with Crippen molar-refractivity contribution in [3.05, 3.63) is 64.7 Å². The molecule has 0 aliphatic heterocycles. The van der Waals surface area contributed by atoms with Gasteiger partial charge in [-0.1, -0.05) is 17.7 Å². The maximum Gasteiger partial charge on any atom is 0.128 e. The summed E-state index contributed by atoms with van der Waals surface area (Å²) in [6, 6.07) is 7.36. The second-order valence-electron chi connectivity index (χ2n) is 3.43. The van der Waals surface area contributed by atoms with Gasteiger partial charge >= 0.3 is 0 Å².